The number of methoxy groups -OCH3 is 1. The number of hydrogen-bond donors (Lipinski definition) is 2. The molecule has 12 heteroatoms. The standard InChI is InChI=1S/C32H38ClF3N2O6/c1-29(2,3)44-28(42)31(6)15-14-22(30(31,4)5)26(40)38-24(27(41)43-7)16-18-8-11-20(12-9-18)37-25(39)21-17-19(32(34,35)36)10-13-23(21)33/h8-13,17,22,24H,14-16H2,1-7H3,(H,37,39)(H,38,40)/t22-,24?,31+/m1/s1. The molecule has 44 heavy (non-hydrogen) atoms. The van der Waals surface area contributed by atoms with Crippen LogP contribution in [0.3, 0.4) is 0 Å². The third-order valence-electron chi connectivity index (χ3n) is 8.38. The van der Waals surface area contributed by atoms with Crippen LogP contribution in [-0.2, 0) is 36.5 Å². The number of esters is 2. The van der Waals surface area contributed by atoms with Gasteiger partial charge < -0.3 is 20.1 Å². The number of carbonyl (C=O) groups excluding carboxylic acids is 4. The highest BCUT2D eigenvalue weighted by atomic mass is 35.5. The summed E-state index contributed by atoms with van der Waals surface area (Å²) in [7, 11) is 1.21. The Morgan fingerprint density at radius 1 is 1.02 bits per heavy atom. The zero-order chi connectivity index (χ0) is 33.3. The molecule has 2 N–H and O–H groups in total. The summed E-state index contributed by atoms with van der Waals surface area (Å²) < 4.78 is 49.9. The van der Waals surface area contributed by atoms with Crippen molar-refractivity contribution < 1.29 is 41.8 Å². The van der Waals surface area contributed by atoms with Crippen molar-refractivity contribution in [1.29, 1.82) is 0 Å². The summed E-state index contributed by atoms with van der Waals surface area (Å²) in [6.07, 6.45) is -3.72. The second-order valence-corrected chi connectivity index (χ2v) is 13.2. The Kier molecular flexibility index (Phi) is 10.1. The SMILES string of the molecule is COC(=O)C(Cc1ccc(NC(=O)c2cc(C(F)(F)F)ccc2Cl)cc1)NC(=O)[C@H]1CC[C@@](C)(C(=O)OC(C)(C)C)C1(C)C. The second-order valence-electron chi connectivity index (χ2n) is 12.8. The maximum absolute atomic E-state index is 13.5. The van der Waals surface area contributed by atoms with Crippen LogP contribution in [0, 0.1) is 16.7 Å². The van der Waals surface area contributed by atoms with E-state index in [0.29, 0.717) is 24.5 Å². The van der Waals surface area contributed by atoms with Gasteiger partial charge in [0.25, 0.3) is 5.91 Å². The number of carbonyl (C=O) groups is 4. The van der Waals surface area contributed by atoms with Gasteiger partial charge in [0, 0.05) is 18.0 Å². The average molecular weight is 639 g/mol. The molecule has 1 unspecified atom stereocenters. The number of benzene rings is 2. The van der Waals surface area contributed by atoms with Gasteiger partial charge in [0.1, 0.15) is 11.6 Å². The van der Waals surface area contributed by atoms with Gasteiger partial charge in [0.05, 0.1) is 28.7 Å². The van der Waals surface area contributed by atoms with Crippen LogP contribution in [0.4, 0.5) is 18.9 Å². The Labute approximate surface area is 260 Å². The predicted octanol–water partition coefficient (Wildman–Crippen LogP) is 6.60. The predicted molar refractivity (Wildman–Crippen MR) is 159 cm³/mol. The van der Waals surface area contributed by atoms with Crippen molar-refractivity contribution in [3.8, 4) is 0 Å². The third kappa shape index (κ3) is 7.72. The quantitative estimate of drug-likeness (QED) is 0.316. The van der Waals surface area contributed by atoms with Gasteiger partial charge in [-0.05, 0) is 81.8 Å². The Morgan fingerprint density at radius 2 is 1.64 bits per heavy atom. The van der Waals surface area contributed by atoms with Crippen LogP contribution in [-0.4, -0.2) is 42.5 Å². The van der Waals surface area contributed by atoms with Crippen molar-refractivity contribution in [2.45, 2.75) is 78.6 Å². The molecule has 3 atom stereocenters. The van der Waals surface area contributed by atoms with Crippen LogP contribution in [0.15, 0.2) is 42.5 Å². The van der Waals surface area contributed by atoms with Gasteiger partial charge in [-0.25, -0.2) is 4.79 Å². The average Bonchev–Trinajstić information content (AvgIpc) is 3.16. The molecule has 3 rings (SSSR count). The van der Waals surface area contributed by atoms with Crippen LogP contribution in [0.1, 0.15) is 75.9 Å². The zero-order valence-corrected chi connectivity index (χ0v) is 26.5. The van der Waals surface area contributed by atoms with Crippen LogP contribution < -0.4 is 10.6 Å². The highest BCUT2D eigenvalue weighted by Gasteiger charge is 2.59. The summed E-state index contributed by atoms with van der Waals surface area (Å²) in [6.45, 7) is 10.9. The van der Waals surface area contributed by atoms with E-state index >= 15 is 0 Å². The van der Waals surface area contributed by atoms with E-state index in [9.17, 15) is 32.3 Å². The van der Waals surface area contributed by atoms with E-state index in [1.807, 2.05) is 13.8 Å². The molecule has 0 spiro atoms. The van der Waals surface area contributed by atoms with Gasteiger partial charge in [0.2, 0.25) is 5.91 Å². The maximum Gasteiger partial charge on any atom is 0.416 e. The summed E-state index contributed by atoms with van der Waals surface area (Å²) in [5.74, 6) is -2.84. The minimum atomic E-state index is -4.64. The minimum absolute atomic E-state index is 0.0581. The van der Waals surface area contributed by atoms with Crippen molar-refractivity contribution >= 4 is 41.0 Å². The maximum atomic E-state index is 13.5. The molecule has 240 valence electrons. The highest BCUT2D eigenvalue weighted by Crippen LogP contribution is 2.57. The van der Waals surface area contributed by atoms with E-state index in [0.717, 1.165) is 12.1 Å². The summed E-state index contributed by atoms with van der Waals surface area (Å²) in [4.78, 5) is 51.9. The van der Waals surface area contributed by atoms with Crippen molar-refractivity contribution in [1.82, 2.24) is 5.32 Å². The molecule has 2 amide bonds. The molecular weight excluding hydrogens is 601 g/mol. The Morgan fingerprint density at radius 3 is 2.18 bits per heavy atom. The van der Waals surface area contributed by atoms with Gasteiger partial charge >= 0.3 is 18.1 Å². The Bertz CT molecular complexity index is 1420. The number of nitrogens with one attached hydrogen (secondary N) is 2. The Balaban J connectivity index is 1.72. The van der Waals surface area contributed by atoms with Crippen LogP contribution >= 0.6 is 11.6 Å². The van der Waals surface area contributed by atoms with Gasteiger partial charge in [-0.2, -0.15) is 13.2 Å². The molecule has 0 heterocycles. The zero-order valence-electron chi connectivity index (χ0n) is 25.8. The molecule has 0 aliphatic heterocycles. The van der Waals surface area contributed by atoms with E-state index in [-0.39, 0.29) is 34.6 Å². The fraction of sp³-hybridized carbons (Fsp3) is 0.500. The van der Waals surface area contributed by atoms with Crippen molar-refractivity contribution in [2.24, 2.45) is 16.7 Å². The molecule has 0 aromatic heterocycles. The summed E-state index contributed by atoms with van der Waals surface area (Å²) >= 11 is 5.97. The van der Waals surface area contributed by atoms with Crippen LogP contribution in [0.25, 0.3) is 0 Å². The first kappa shape index (κ1) is 34.9. The Hall–Kier alpha value is -3.60. The van der Waals surface area contributed by atoms with E-state index in [1.54, 1.807) is 39.8 Å². The van der Waals surface area contributed by atoms with Crippen LogP contribution in [0.2, 0.25) is 5.02 Å². The molecule has 0 saturated heterocycles. The number of ether oxygens (including phenoxy) is 2. The van der Waals surface area contributed by atoms with E-state index < -0.39 is 52.0 Å². The first-order valence-corrected chi connectivity index (χ1v) is 14.5. The number of halogens is 4. The fourth-order valence-corrected chi connectivity index (χ4v) is 5.56. The smallest absolute Gasteiger partial charge is 0.416 e. The monoisotopic (exact) mass is 638 g/mol. The highest BCUT2D eigenvalue weighted by molar-refractivity contribution is 6.34. The number of hydrogen-bond acceptors (Lipinski definition) is 6. The molecule has 1 fully saturated rings. The molecular formula is C32H38ClF3N2O6. The number of anilines is 1. The van der Waals surface area contributed by atoms with Crippen LogP contribution in [0.5, 0.6) is 0 Å². The van der Waals surface area contributed by atoms with Gasteiger partial charge in [-0.3, -0.25) is 14.4 Å². The molecule has 2 aromatic rings. The number of alkyl halides is 3. The molecule has 0 radical (unpaired) electrons. The van der Waals surface area contributed by atoms with E-state index in [2.05, 4.69) is 10.6 Å². The topological polar surface area (TPSA) is 111 Å². The molecule has 0 bridgehead atoms. The van der Waals surface area contributed by atoms with Crippen molar-refractivity contribution in [2.75, 3.05) is 12.4 Å². The fourth-order valence-electron chi connectivity index (χ4n) is 5.36. The van der Waals surface area contributed by atoms with E-state index in [1.165, 1.54) is 19.2 Å². The first-order valence-electron chi connectivity index (χ1n) is 14.1. The third-order valence-corrected chi connectivity index (χ3v) is 8.71. The lowest BCUT2D eigenvalue weighted by Gasteiger charge is -2.40. The molecule has 1 aliphatic carbocycles. The van der Waals surface area contributed by atoms with Gasteiger partial charge in [0.15, 0.2) is 0 Å². The minimum Gasteiger partial charge on any atom is -0.467 e. The number of amides is 2. The lowest BCUT2D eigenvalue weighted by molar-refractivity contribution is -0.173. The lowest BCUT2D eigenvalue weighted by atomic mass is 9.65. The summed E-state index contributed by atoms with van der Waals surface area (Å²) in [5.41, 5.74) is -2.83. The molecule has 1 saturated carbocycles. The molecule has 2 aromatic carbocycles. The first-order chi connectivity index (χ1) is 20.2. The van der Waals surface area contributed by atoms with Crippen molar-refractivity contribution in [3.63, 3.8) is 0 Å². The summed E-state index contributed by atoms with van der Waals surface area (Å²) in [5, 5.41) is 5.16. The summed E-state index contributed by atoms with van der Waals surface area (Å²) in [6, 6.07) is 7.66. The molecule has 8 nitrogen and oxygen atoms in total. The second kappa shape index (κ2) is 12.8. The lowest BCUT2D eigenvalue weighted by Crippen LogP contribution is -2.51. The molecule has 1 aliphatic rings. The normalized spacial score (nSPS) is 20.4. The van der Waals surface area contributed by atoms with Gasteiger partial charge in [-0.1, -0.05) is 37.6 Å². The number of rotatable bonds is 8. The van der Waals surface area contributed by atoms with Crippen molar-refractivity contribution in [3.05, 3.63) is 64.2 Å². The van der Waals surface area contributed by atoms with E-state index in [4.69, 9.17) is 21.1 Å². The van der Waals surface area contributed by atoms with Gasteiger partial charge in [-0.15, -0.1) is 0 Å². The largest absolute Gasteiger partial charge is 0.467 e.